The Balaban J connectivity index is 1.26. The van der Waals surface area contributed by atoms with E-state index >= 15 is 0 Å². The van der Waals surface area contributed by atoms with Gasteiger partial charge in [-0.2, -0.15) is 4.31 Å². The van der Waals surface area contributed by atoms with Crippen LogP contribution in [-0.2, 0) is 21.2 Å². The highest BCUT2D eigenvalue weighted by atomic mass is 32.2. The lowest BCUT2D eigenvalue weighted by Gasteiger charge is -2.40. The van der Waals surface area contributed by atoms with Crippen LogP contribution in [-0.4, -0.2) is 67.2 Å². The summed E-state index contributed by atoms with van der Waals surface area (Å²) in [7, 11) is -3.64. The Morgan fingerprint density at radius 3 is 2.36 bits per heavy atom. The third-order valence-corrected chi connectivity index (χ3v) is 11.6. The average molecular weight is 566 g/mol. The molecule has 0 saturated carbocycles. The quantitative estimate of drug-likeness (QED) is 0.410. The predicted molar refractivity (Wildman–Crippen MR) is 158 cm³/mol. The standard InChI is InChI=1S/C31H39N3O3S2/c1-21-18-23(3)31(24(4)19-21)39(36,37)34-16-15-33(20-25(34)5)29(35)11-14-32-13-10-28-27(12-17-38-28)30(32)26-9-7-6-8-22(26)2/h6-9,12,17-19,25,30H,10-11,13-16,20H2,1-5H3/t25-,30-/m0/s1. The van der Waals surface area contributed by atoms with Crippen LogP contribution >= 0.6 is 11.3 Å². The van der Waals surface area contributed by atoms with Crippen molar-refractivity contribution in [3.8, 4) is 0 Å². The van der Waals surface area contributed by atoms with Crippen molar-refractivity contribution in [3.05, 3.63) is 86.1 Å². The van der Waals surface area contributed by atoms with Crippen LogP contribution in [0.15, 0.2) is 52.7 Å². The van der Waals surface area contributed by atoms with Crippen LogP contribution in [0.25, 0.3) is 0 Å². The van der Waals surface area contributed by atoms with Crippen molar-refractivity contribution in [1.82, 2.24) is 14.1 Å². The third kappa shape index (κ3) is 5.44. The van der Waals surface area contributed by atoms with Crippen molar-refractivity contribution in [2.24, 2.45) is 0 Å². The Morgan fingerprint density at radius 1 is 0.949 bits per heavy atom. The maximum atomic E-state index is 13.7. The van der Waals surface area contributed by atoms with E-state index in [2.05, 4.69) is 47.5 Å². The van der Waals surface area contributed by atoms with E-state index in [1.807, 2.05) is 56.1 Å². The summed E-state index contributed by atoms with van der Waals surface area (Å²) in [5.41, 5.74) is 6.54. The summed E-state index contributed by atoms with van der Waals surface area (Å²) >= 11 is 1.83. The number of thiophene rings is 1. The highest BCUT2D eigenvalue weighted by molar-refractivity contribution is 7.89. The van der Waals surface area contributed by atoms with Crippen molar-refractivity contribution < 1.29 is 13.2 Å². The SMILES string of the molecule is Cc1cc(C)c(S(=O)(=O)N2CCN(C(=O)CCN3CCc4sccc4[C@@H]3c3ccccc3C)C[C@@H]2C)c(C)c1. The van der Waals surface area contributed by atoms with E-state index in [0.717, 1.165) is 29.7 Å². The molecule has 3 heterocycles. The molecule has 6 nitrogen and oxygen atoms in total. The van der Waals surface area contributed by atoms with Gasteiger partial charge in [-0.05, 0) is 80.3 Å². The number of nitrogens with zero attached hydrogens (tertiary/aromatic N) is 3. The van der Waals surface area contributed by atoms with Gasteiger partial charge in [0.2, 0.25) is 15.9 Å². The van der Waals surface area contributed by atoms with E-state index in [9.17, 15) is 13.2 Å². The number of carbonyl (C=O) groups excluding carboxylic acids is 1. The number of rotatable bonds is 6. The molecule has 0 N–H and O–H groups in total. The molecule has 5 rings (SSSR count). The van der Waals surface area contributed by atoms with E-state index in [4.69, 9.17) is 0 Å². The number of carbonyl (C=O) groups is 1. The molecule has 1 fully saturated rings. The second-order valence-electron chi connectivity index (χ2n) is 11.1. The summed E-state index contributed by atoms with van der Waals surface area (Å²) in [5, 5.41) is 2.18. The molecule has 208 valence electrons. The lowest BCUT2D eigenvalue weighted by Crippen LogP contribution is -2.55. The van der Waals surface area contributed by atoms with Crippen molar-refractivity contribution in [3.63, 3.8) is 0 Å². The molecule has 0 spiro atoms. The maximum absolute atomic E-state index is 13.7. The summed E-state index contributed by atoms with van der Waals surface area (Å²) < 4.78 is 28.9. The highest BCUT2D eigenvalue weighted by Gasteiger charge is 2.37. The first-order chi connectivity index (χ1) is 18.6. The van der Waals surface area contributed by atoms with Gasteiger partial charge in [0, 0.05) is 50.1 Å². The molecule has 2 aromatic carbocycles. The van der Waals surface area contributed by atoms with Crippen LogP contribution in [0.5, 0.6) is 0 Å². The summed E-state index contributed by atoms with van der Waals surface area (Å²) in [4.78, 5) is 19.5. The second-order valence-corrected chi connectivity index (χ2v) is 14.0. The number of benzene rings is 2. The van der Waals surface area contributed by atoms with Crippen LogP contribution in [0.1, 0.15) is 57.6 Å². The van der Waals surface area contributed by atoms with Crippen LogP contribution in [0, 0.1) is 27.7 Å². The fourth-order valence-electron chi connectivity index (χ4n) is 6.48. The van der Waals surface area contributed by atoms with E-state index in [-0.39, 0.29) is 18.0 Å². The van der Waals surface area contributed by atoms with Gasteiger partial charge in [-0.25, -0.2) is 8.42 Å². The number of hydrogen-bond donors (Lipinski definition) is 0. The summed E-state index contributed by atoms with van der Waals surface area (Å²) in [6.07, 6.45) is 1.44. The molecule has 1 aromatic heterocycles. The molecule has 2 aliphatic heterocycles. The zero-order chi connectivity index (χ0) is 27.9. The van der Waals surface area contributed by atoms with E-state index in [0.29, 0.717) is 37.5 Å². The Bertz CT molecular complexity index is 1460. The molecular weight excluding hydrogens is 526 g/mol. The van der Waals surface area contributed by atoms with Crippen molar-refractivity contribution in [2.75, 3.05) is 32.7 Å². The summed E-state index contributed by atoms with van der Waals surface area (Å²) in [6, 6.07) is 14.5. The van der Waals surface area contributed by atoms with Crippen LogP contribution in [0.2, 0.25) is 0 Å². The summed E-state index contributed by atoms with van der Waals surface area (Å²) in [6.45, 7) is 12.5. The average Bonchev–Trinajstić information content (AvgIpc) is 3.35. The van der Waals surface area contributed by atoms with Crippen LogP contribution in [0.3, 0.4) is 0 Å². The Hall–Kier alpha value is -2.52. The van der Waals surface area contributed by atoms with Crippen LogP contribution < -0.4 is 0 Å². The monoisotopic (exact) mass is 565 g/mol. The minimum absolute atomic E-state index is 0.0984. The van der Waals surface area contributed by atoms with E-state index in [1.165, 1.54) is 21.6 Å². The first kappa shape index (κ1) is 28.0. The molecule has 2 atom stereocenters. The van der Waals surface area contributed by atoms with E-state index < -0.39 is 10.0 Å². The molecule has 3 aromatic rings. The Kier molecular flexibility index (Phi) is 8.02. The molecule has 0 bridgehead atoms. The minimum Gasteiger partial charge on any atom is -0.340 e. The number of amides is 1. The number of hydrogen-bond acceptors (Lipinski definition) is 5. The Labute approximate surface area is 237 Å². The fourth-order valence-corrected chi connectivity index (χ4v) is 9.41. The zero-order valence-corrected chi connectivity index (χ0v) is 25.2. The molecule has 1 saturated heterocycles. The fraction of sp³-hybridized carbons (Fsp3) is 0.452. The van der Waals surface area contributed by atoms with Gasteiger partial charge >= 0.3 is 0 Å². The lowest BCUT2D eigenvalue weighted by molar-refractivity contribution is -0.133. The zero-order valence-electron chi connectivity index (χ0n) is 23.6. The van der Waals surface area contributed by atoms with Crippen molar-refractivity contribution >= 4 is 27.3 Å². The van der Waals surface area contributed by atoms with Crippen molar-refractivity contribution in [2.45, 2.75) is 64.4 Å². The van der Waals surface area contributed by atoms with Crippen LogP contribution in [0.4, 0.5) is 0 Å². The van der Waals surface area contributed by atoms with Gasteiger partial charge in [0.15, 0.2) is 0 Å². The smallest absolute Gasteiger partial charge is 0.243 e. The topological polar surface area (TPSA) is 60.9 Å². The lowest BCUT2D eigenvalue weighted by atomic mass is 9.90. The maximum Gasteiger partial charge on any atom is 0.243 e. The van der Waals surface area contributed by atoms with Gasteiger partial charge < -0.3 is 4.90 Å². The van der Waals surface area contributed by atoms with Gasteiger partial charge in [0.25, 0.3) is 0 Å². The van der Waals surface area contributed by atoms with Crippen molar-refractivity contribution in [1.29, 1.82) is 0 Å². The second kappa shape index (κ2) is 11.2. The predicted octanol–water partition coefficient (Wildman–Crippen LogP) is 5.24. The molecule has 39 heavy (non-hydrogen) atoms. The normalized spacial score (nSPS) is 20.7. The van der Waals surface area contributed by atoms with Gasteiger partial charge in [-0.15, -0.1) is 11.3 Å². The molecule has 1 amide bonds. The summed E-state index contributed by atoms with van der Waals surface area (Å²) in [5.74, 6) is 0.0984. The van der Waals surface area contributed by atoms with Gasteiger partial charge in [0.1, 0.15) is 0 Å². The third-order valence-electron chi connectivity index (χ3n) is 8.25. The Morgan fingerprint density at radius 2 is 1.67 bits per heavy atom. The molecule has 0 unspecified atom stereocenters. The van der Waals surface area contributed by atoms with Gasteiger partial charge in [-0.1, -0.05) is 42.0 Å². The van der Waals surface area contributed by atoms with Gasteiger partial charge in [0.05, 0.1) is 10.9 Å². The molecule has 8 heteroatoms. The molecule has 0 aliphatic carbocycles. The number of piperazine rings is 1. The van der Waals surface area contributed by atoms with Gasteiger partial charge in [-0.3, -0.25) is 9.69 Å². The first-order valence-corrected chi connectivity index (χ1v) is 16.1. The highest BCUT2D eigenvalue weighted by Crippen LogP contribution is 2.39. The first-order valence-electron chi connectivity index (χ1n) is 13.8. The number of aryl methyl sites for hydroxylation is 4. The molecular formula is C31H39N3O3S2. The molecule has 0 radical (unpaired) electrons. The minimum atomic E-state index is -3.64. The number of sulfonamides is 1. The molecule has 2 aliphatic rings. The number of fused-ring (bicyclic) bond motifs is 1. The largest absolute Gasteiger partial charge is 0.340 e. The van der Waals surface area contributed by atoms with E-state index in [1.54, 1.807) is 4.31 Å².